The molecule has 4 aromatic heterocycles. The van der Waals surface area contributed by atoms with Gasteiger partial charge in [0, 0.05) is 29.6 Å². The number of amides is 1. The van der Waals surface area contributed by atoms with E-state index in [0.717, 1.165) is 42.5 Å². The molecule has 2 fully saturated rings. The number of benzene rings is 1. The maximum Gasteiger partial charge on any atom is 0.259 e. The van der Waals surface area contributed by atoms with Crippen molar-refractivity contribution in [3.63, 3.8) is 0 Å². The van der Waals surface area contributed by atoms with Crippen LogP contribution >= 0.6 is 0 Å². The van der Waals surface area contributed by atoms with Gasteiger partial charge in [-0.05, 0) is 87.1 Å². The molecule has 4 heterocycles. The van der Waals surface area contributed by atoms with E-state index in [1.54, 1.807) is 36.2 Å². The Morgan fingerprint density at radius 1 is 1.16 bits per heavy atom. The molecule has 5 aromatic rings. The molecule has 2 saturated carbocycles. The van der Waals surface area contributed by atoms with Crippen LogP contribution in [0.1, 0.15) is 73.1 Å². The zero-order valence-corrected chi connectivity index (χ0v) is 24.1. The highest BCUT2D eigenvalue weighted by Gasteiger charge is 2.32. The predicted molar refractivity (Wildman–Crippen MR) is 155 cm³/mol. The number of pyridine rings is 1. The van der Waals surface area contributed by atoms with Crippen LogP contribution in [0.4, 0.5) is 10.1 Å². The van der Waals surface area contributed by atoms with Crippen LogP contribution in [0.25, 0.3) is 28.0 Å². The van der Waals surface area contributed by atoms with Crippen molar-refractivity contribution >= 4 is 17.1 Å². The van der Waals surface area contributed by atoms with Gasteiger partial charge in [0.15, 0.2) is 0 Å². The fraction of sp³-hybridized carbons (Fsp3) is 0.400. The maximum atomic E-state index is 14.9. The smallest absolute Gasteiger partial charge is 0.259 e. The molecule has 0 bridgehead atoms. The topological polar surface area (TPSA) is 148 Å². The van der Waals surface area contributed by atoms with Crippen molar-refractivity contribution in [2.45, 2.75) is 76.7 Å². The molecule has 2 aliphatic carbocycles. The summed E-state index contributed by atoms with van der Waals surface area (Å²) in [6.45, 7) is 5.00. The Morgan fingerprint density at radius 2 is 1.95 bits per heavy atom. The van der Waals surface area contributed by atoms with Crippen molar-refractivity contribution in [1.29, 1.82) is 0 Å². The zero-order valence-electron chi connectivity index (χ0n) is 24.1. The number of aliphatic hydroxyl groups is 2. The number of hydrogen-bond acceptors (Lipinski definition) is 8. The second kappa shape index (κ2) is 10.1. The number of tetrazole rings is 1. The van der Waals surface area contributed by atoms with Crippen molar-refractivity contribution in [1.82, 2.24) is 39.6 Å². The molecule has 3 N–H and O–H groups in total. The molecule has 1 aromatic carbocycles. The van der Waals surface area contributed by atoms with Gasteiger partial charge in [-0.25, -0.2) is 8.91 Å². The van der Waals surface area contributed by atoms with E-state index in [9.17, 15) is 19.4 Å². The number of aliphatic hydroxyl groups excluding tert-OH is 1. The van der Waals surface area contributed by atoms with Gasteiger partial charge in [0.1, 0.15) is 11.9 Å². The molecule has 1 amide bonds. The summed E-state index contributed by atoms with van der Waals surface area (Å²) in [5.41, 5.74) is 3.52. The lowest BCUT2D eigenvalue weighted by Crippen LogP contribution is -2.39. The van der Waals surface area contributed by atoms with Gasteiger partial charge in [0.2, 0.25) is 5.82 Å². The number of nitrogens with zero attached hydrogens (tertiary/aromatic N) is 8. The fourth-order valence-corrected chi connectivity index (χ4v) is 5.10. The summed E-state index contributed by atoms with van der Waals surface area (Å²) in [4.78, 5) is 15.1. The van der Waals surface area contributed by atoms with Crippen LogP contribution in [0, 0.1) is 12.7 Å². The van der Waals surface area contributed by atoms with Crippen molar-refractivity contribution < 1.29 is 19.4 Å². The predicted octanol–water partition coefficient (Wildman–Crippen LogP) is 3.90. The molecule has 0 aliphatic heterocycles. The Morgan fingerprint density at radius 3 is 2.67 bits per heavy atom. The van der Waals surface area contributed by atoms with E-state index in [4.69, 9.17) is 5.10 Å². The van der Waals surface area contributed by atoms with Crippen LogP contribution in [0.2, 0.25) is 0 Å². The van der Waals surface area contributed by atoms with Gasteiger partial charge in [-0.15, -0.1) is 10.2 Å². The number of nitrogens with one attached hydrogen (secondary N) is 1. The van der Waals surface area contributed by atoms with E-state index >= 15 is 0 Å². The minimum absolute atomic E-state index is 0.150. The monoisotopic (exact) mass is 585 g/mol. The lowest BCUT2D eigenvalue weighted by Gasteiger charge is -2.24. The Kier molecular flexibility index (Phi) is 6.40. The molecular formula is C30H32FN9O3. The number of anilines is 1. The van der Waals surface area contributed by atoms with Crippen LogP contribution in [-0.2, 0) is 6.54 Å². The molecule has 0 spiro atoms. The lowest BCUT2D eigenvalue weighted by atomic mass is 10.0. The highest BCUT2D eigenvalue weighted by Crippen LogP contribution is 2.44. The SMILES string of the molecule is Cc1cc(F)c(-c2nnn(C3CC3)n2)cc1NC(=O)c1cnn2ccc(-c3cn(C[C@@H](O)C(C)(C)O)nc3C3CC3)cc12. The highest BCUT2D eigenvalue weighted by atomic mass is 19.1. The van der Waals surface area contributed by atoms with Crippen molar-refractivity contribution in [3.05, 3.63) is 65.5 Å². The molecule has 43 heavy (non-hydrogen) atoms. The van der Waals surface area contributed by atoms with Crippen LogP contribution in [0.3, 0.4) is 0 Å². The minimum Gasteiger partial charge on any atom is -0.388 e. The van der Waals surface area contributed by atoms with Gasteiger partial charge in [-0.1, -0.05) is 0 Å². The normalized spacial score (nSPS) is 16.1. The van der Waals surface area contributed by atoms with E-state index in [0.29, 0.717) is 28.2 Å². The number of fused-ring (bicyclic) bond motifs is 1. The quantitative estimate of drug-likeness (QED) is 0.236. The average Bonchev–Trinajstić information content (AvgIpc) is 3.86. The molecule has 2 aliphatic rings. The number of aryl methyl sites for hydroxylation is 1. The van der Waals surface area contributed by atoms with Gasteiger partial charge in [-0.3, -0.25) is 9.48 Å². The molecule has 222 valence electrons. The number of carbonyl (C=O) groups is 1. The van der Waals surface area contributed by atoms with Gasteiger partial charge in [0.25, 0.3) is 5.91 Å². The van der Waals surface area contributed by atoms with Crippen LogP contribution in [0.5, 0.6) is 0 Å². The highest BCUT2D eigenvalue weighted by molar-refractivity contribution is 6.09. The Hall–Kier alpha value is -4.49. The third kappa shape index (κ3) is 5.30. The summed E-state index contributed by atoms with van der Waals surface area (Å²) >= 11 is 0. The van der Waals surface area contributed by atoms with Crippen molar-refractivity contribution in [3.8, 4) is 22.5 Å². The Balaban J connectivity index is 1.19. The third-order valence-electron chi connectivity index (χ3n) is 8.11. The van der Waals surface area contributed by atoms with E-state index < -0.39 is 23.4 Å². The maximum absolute atomic E-state index is 14.9. The summed E-state index contributed by atoms with van der Waals surface area (Å²) < 4.78 is 18.2. The molecule has 12 nitrogen and oxygen atoms in total. The fourth-order valence-electron chi connectivity index (χ4n) is 5.10. The van der Waals surface area contributed by atoms with Crippen LogP contribution < -0.4 is 5.32 Å². The number of halogens is 1. The second-order valence-corrected chi connectivity index (χ2v) is 12.2. The number of rotatable bonds is 9. The second-order valence-electron chi connectivity index (χ2n) is 12.2. The summed E-state index contributed by atoms with van der Waals surface area (Å²) in [5, 5.41) is 45.1. The molecule has 0 unspecified atom stereocenters. The van der Waals surface area contributed by atoms with E-state index in [1.165, 1.54) is 23.1 Å². The molecule has 13 heteroatoms. The van der Waals surface area contributed by atoms with Crippen molar-refractivity contribution in [2.24, 2.45) is 0 Å². The molecule has 1 atom stereocenters. The standard InChI is InChI=1S/C30H32FN9O3/c1-16-10-23(31)20(28-34-37-40(36-28)19-6-7-19)12-24(16)33-29(42)21-13-32-39-9-8-18(11-25(21)39)22-14-38(15-26(41)30(2,3)43)35-27(22)17-4-5-17/h8-14,17,19,26,41,43H,4-7,15H2,1-3H3,(H,33,42)/t26-/m1/s1. The third-order valence-corrected chi connectivity index (χ3v) is 8.11. The first kappa shape index (κ1) is 27.3. The zero-order chi connectivity index (χ0) is 30.0. The van der Waals surface area contributed by atoms with Gasteiger partial charge in [0.05, 0.1) is 46.7 Å². The van der Waals surface area contributed by atoms with Gasteiger partial charge >= 0.3 is 0 Å². The van der Waals surface area contributed by atoms with Crippen LogP contribution in [0.15, 0.2) is 42.9 Å². The lowest BCUT2D eigenvalue weighted by molar-refractivity contribution is -0.0566. The largest absolute Gasteiger partial charge is 0.388 e. The average molecular weight is 586 g/mol. The molecule has 7 rings (SSSR count). The number of hydrogen-bond donors (Lipinski definition) is 3. The van der Waals surface area contributed by atoms with Gasteiger partial charge in [-0.2, -0.15) is 15.0 Å². The Bertz CT molecular complexity index is 1860. The van der Waals surface area contributed by atoms with Gasteiger partial charge < -0.3 is 15.5 Å². The van der Waals surface area contributed by atoms with Crippen molar-refractivity contribution in [2.75, 3.05) is 5.32 Å². The molecule has 0 radical (unpaired) electrons. The summed E-state index contributed by atoms with van der Waals surface area (Å²) in [6.07, 6.45) is 8.20. The number of carbonyl (C=O) groups excluding carboxylic acids is 1. The van der Waals surface area contributed by atoms with E-state index in [1.807, 2.05) is 18.3 Å². The molecular weight excluding hydrogens is 553 g/mol. The Labute approximate surface area is 246 Å². The molecule has 0 saturated heterocycles. The van der Waals surface area contributed by atoms with E-state index in [2.05, 4.69) is 25.8 Å². The summed E-state index contributed by atoms with van der Waals surface area (Å²) in [7, 11) is 0. The van der Waals surface area contributed by atoms with Crippen LogP contribution in [-0.4, -0.2) is 67.4 Å². The number of aromatic nitrogens is 8. The first-order chi connectivity index (χ1) is 20.5. The first-order valence-corrected chi connectivity index (χ1v) is 14.4. The first-order valence-electron chi connectivity index (χ1n) is 14.4. The van der Waals surface area contributed by atoms with E-state index in [-0.39, 0.29) is 24.0 Å². The summed E-state index contributed by atoms with van der Waals surface area (Å²) in [6, 6.07) is 6.91. The minimum atomic E-state index is -1.26. The summed E-state index contributed by atoms with van der Waals surface area (Å²) in [5.74, 6) is -0.389.